The minimum Gasteiger partial charge on any atom is -0.481 e. The van der Waals surface area contributed by atoms with E-state index in [1.807, 2.05) is 0 Å². The predicted molar refractivity (Wildman–Crippen MR) is 47.3 cm³/mol. The van der Waals surface area contributed by atoms with Crippen molar-refractivity contribution in [2.24, 2.45) is 0 Å². The normalized spacial score (nSPS) is 13.8. The summed E-state index contributed by atoms with van der Waals surface area (Å²) in [6, 6.07) is 6.54. The van der Waals surface area contributed by atoms with Gasteiger partial charge in [-0.25, -0.2) is 0 Å². The molecule has 0 N–H and O–H groups in total. The highest BCUT2D eigenvalue weighted by Gasteiger charge is 2.37. The van der Waals surface area contributed by atoms with Crippen LogP contribution >= 0.6 is 0 Å². The lowest BCUT2D eigenvalue weighted by atomic mass is 10.2. The number of hydrogen-bond acceptors (Lipinski definition) is 1. The lowest BCUT2D eigenvalue weighted by Gasteiger charge is -2.17. The Bertz CT molecular complexity index is 306. The van der Waals surface area contributed by atoms with E-state index >= 15 is 0 Å². The zero-order valence-corrected chi connectivity index (χ0v) is 7.93. The molecule has 1 rings (SSSR count). The molecule has 1 nitrogen and oxygen atoms in total. The molecule has 0 unspecified atom stereocenters. The fourth-order valence-corrected chi connectivity index (χ4v) is 0.960. The number of aryl methyl sites for hydroxylation is 1. The number of rotatable bonds is 2. The first-order valence-corrected chi connectivity index (χ1v) is 4.19. The summed E-state index contributed by atoms with van der Waals surface area (Å²) in [5.41, 5.74) is 0.872. The van der Waals surface area contributed by atoms with Gasteiger partial charge in [0.15, 0.2) is 6.10 Å². The molecule has 1 aromatic carbocycles. The lowest BCUT2D eigenvalue weighted by Crippen LogP contribution is -2.31. The highest BCUT2D eigenvalue weighted by Crippen LogP contribution is 2.25. The summed E-state index contributed by atoms with van der Waals surface area (Å²) < 4.78 is 41.1. The first kappa shape index (κ1) is 10.9. The van der Waals surface area contributed by atoms with E-state index in [1.165, 1.54) is 6.07 Å². The van der Waals surface area contributed by atoms with Crippen LogP contribution in [0.15, 0.2) is 24.3 Å². The van der Waals surface area contributed by atoms with Gasteiger partial charge in [-0.1, -0.05) is 12.1 Å². The molecule has 0 aliphatic rings. The van der Waals surface area contributed by atoms with Gasteiger partial charge in [-0.15, -0.1) is 0 Å². The van der Waals surface area contributed by atoms with E-state index < -0.39 is 12.3 Å². The summed E-state index contributed by atoms with van der Waals surface area (Å²) in [5, 5.41) is 0. The summed E-state index contributed by atoms with van der Waals surface area (Å²) in [6.45, 7) is 2.79. The number of hydrogen-bond donors (Lipinski definition) is 0. The van der Waals surface area contributed by atoms with Crippen LogP contribution in [0.25, 0.3) is 0 Å². The Hall–Kier alpha value is -1.19. The molecule has 1 aromatic rings. The average molecular weight is 204 g/mol. The predicted octanol–water partition coefficient (Wildman–Crippen LogP) is 3.32. The molecular weight excluding hydrogens is 193 g/mol. The van der Waals surface area contributed by atoms with Crippen LogP contribution in [0.2, 0.25) is 0 Å². The van der Waals surface area contributed by atoms with Crippen molar-refractivity contribution in [3.8, 4) is 5.75 Å². The Kier molecular flexibility index (Phi) is 3.03. The largest absolute Gasteiger partial charge is 0.481 e. The van der Waals surface area contributed by atoms with E-state index in [1.54, 1.807) is 25.1 Å². The second-order valence-electron chi connectivity index (χ2n) is 3.12. The van der Waals surface area contributed by atoms with Crippen LogP contribution in [-0.4, -0.2) is 12.3 Å². The molecule has 0 radical (unpaired) electrons. The fraction of sp³-hybridized carbons (Fsp3) is 0.400. The van der Waals surface area contributed by atoms with Crippen molar-refractivity contribution < 1.29 is 17.9 Å². The Morgan fingerprint density at radius 1 is 1.29 bits per heavy atom. The number of benzene rings is 1. The minimum absolute atomic E-state index is 0.245. The van der Waals surface area contributed by atoms with Crippen molar-refractivity contribution in [3.05, 3.63) is 29.8 Å². The second-order valence-corrected chi connectivity index (χ2v) is 3.12. The van der Waals surface area contributed by atoms with Crippen molar-refractivity contribution in [2.75, 3.05) is 0 Å². The van der Waals surface area contributed by atoms with Gasteiger partial charge in [-0.05, 0) is 31.5 Å². The van der Waals surface area contributed by atoms with Crippen LogP contribution in [0.1, 0.15) is 12.5 Å². The Morgan fingerprint density at radius 3 is 2.43 bits per heavy atom. The van der Waals surface area contributed by atoms with Gasteiger partial charge >= 0.3 is 6.18 Å². The summed E-state index contributed by atoms with van der Waals surface area (Å²) >= 11 is 0. The molecule has 0 spiro atoms. The van der Waals surface area contributed by atoms with Crippen LogP contribution in [-0.2, 0) is 0 Å². The molecule has 0 saturated heterocycles. The zero-order valence-electron chi connectivity index (χ0n) is 7.93. The topological polar surface area (TPSA) is 9.23 Å². The van der Waals surface area contributed by atoms with Crippen LogP contribution in [0, 0.1) is 6.92 Å². The molecule has 0 saturated carbocycles. The van der Waals surface area contributed by atoms with E-state index in [0.717, 1.165) is 12.5 Å². The van der Waals surface area contributed by atoms with Gasteiger partial charge in [0.05, 0.1) is 0 Å². The van der Waals surface area contributed by atoms with Gasteiger partial charge in [0, 0.05) is 0 Å². The maximum Gasteiger partial charge on any atom is 0.425 e. The molecular formula is C10H11F3O. The van der Waals surface area contributed by atoms with Crippen LogP contribution in [0.5, 0.6) is 5.75 Å². The average Bonchev–Trinajstić information content (AvgIpc) is 2.02. The first-order chi connectivity index (χ1) is 6.39. The number of alkyl halides is 3. The van der Waals surface area contributed by atoms with Gasteiger partial charge in [0.1, 0.15) is 5.75 Å². The number of halogens is 3. The van der Waals surface area contributed by atoms with Gasteiger partial charge < -0.3 is 4.74 Å². The summed E-state index contributed by atoms with van der Waals surface area (Å²) in [6.07, 6.45) is -6.09. The van der Waals surface area contributed by atoms with E-state index in [2.05, 4.69) is 0 Å². The third-order valence-corrected chi connectivity index (χ3v) is 1.76. The van der Waals surface area contributed by atoms with Gasteiger partial charge in [0.25, 0.3) is 0 Å². The first-order valence-electron chi connectivity index (χ1n) is 4.19. The highest BCUT2D eigenvalue weighted by atomic mass is 19.4. The quantitative estimate of drug-likeness (QED) is 0.718. The van der Waals surface area contributed by atoms with E-state index in [-0.39, 0.29) is 5.75 Å². The molecule has 0 fully saturated rings. The third kappa shape index (κ3) is 2.94. The summed E-state index contributed by atoms with van der Waals surface area (Å²) in [7, 11) is 0. The molecule has 1 atom stereocenters. The van der Waals surface area contributed by atoms with E-state index in [9.17, 15) is 13.2 Å². The maximum atomic E-state index is 12.1. The molecule has 78 valence electrons. The Labute approximate surface area is 80.5 Å². The van der Waals surface area contributed by atoms with Crippen molar-refractivity contribution >= 4 is 0 Å². The molecule has 4 heteroatoms. The zero-order chi connectivity index (χ0) is 10.8. The molecule has 0 heterocycles. The minimum atomic E-state index is -4.32. The lowest BCUT2D eigenvalue weighted by molar-refractivity contribution is -0.189. The number of ether oxygens (including phenoxy) is 1. The van der Waals surface area contributed by atoms with Gasteiger partial charge in [-0.3, -0.25) is 0 Å². The molecule has 0 aromatic heterocycles. The molecule has 0 amide bonds. The third-order valence-electron chi connectivity index (χ3n) is 1.76. The van der Waals surface area contributed by atoms with Gasteiger partial charge in [0.2, 0.25) is 0 Å². The SMILES string of the molecule is Cc1cccc(O[C@H](C)C(F)(F)F)c1. The monoisotopic (exact) mass is 204 g/mol. The highest BCUT2D eigenvalue weighted by molar-refractivity contribution is 5.27. The molecule has 14 heavy (non-hydrogen) atoms. The van der Waals surface area contributed by atoms with Crippen LogP contribution in [0.4, 0.5) is 13.2 Å². The van der Waals surface area contributed by atoms with Crippen molar-refractivity contribution in [1.82, 2.24) is 0 Å². The van der Waals surface area contributed by atoms with Crippen LogP contribution < -0.4 is 4.74 Å². The van der Waals surface area contributed by atoms with E-state index in [0.29, 0.717) is 0 Å². The Morgan fingerprint density at radius 2 is 1.93 bits per heavy atom. The van der Waals surface area contributed by atoms with E-state index in [4.69, 9.17) is 4.74 Å². The molecule has 0 aliphatic carbocycles. The summed E-state index contributed by atoms with van der Waals surface area (Å²) in [4.78, 5) is 0. The van der Waals surface area contributed by atoms with Gasteiger partial charge in [-0.2, -0.15) is 13.2 Å². The standard InChI is InChI=1S/C10H11F3O/c1-7-4-3-5-9(6-7)14-8(2)10(11,12)13/h3-6,8H,1-2H3/t8-/m1/s1. The second kappa shape index (κ2) is 3.90. The maximum absolute atomic E-state index is 12.1. The molecule has 0 aliphatic heterocycles. The fourth-order valence-electron chi connectivity index (χ4n) is 0.960. The Balaban J connectivity index is 2.70. The van der Waals surface area contributed by atoms with Crippen LogP contribution in [0.3, 0.4) is 0 Å². The van der Waals surface area contributed by atoms with Crippen molar-refractivity contribution in [1.29, 1.82) is 0 Å². The van der Waals surface area contributed by atoms with Crippen molar-refractivity contribution in [2.45, 2.75) is 26.1 Å². The smallest absolute Gasteiger partial charge is 0.425 e. The summed E-state index contributed by atoms with van der Waals surface area (Å²) in [5.74, 6) is 0.245. The molecule has 0 bridgehead atoms. The van der Waals surface area contributed by atoms with Crippen molar-refractivity contribution in [3.63, 3.8) is 0 Å².